The SMILES string of the molecule is CC1(n2c3ccccc3c3cc4ccccc4cc32)CC=C(c2nc(-c3cccc(-c4ccccc4)c3)nc(-c3cccc4ccccc34)n2)c2oc3ccccc3c21. The van der Waals surface area contributed by atoms with Gasteiger partial charge in [0, 0.05) is 38.4 Å². The Morgan fingerprint density at radius 3 is 1.97 bits per heavy atom. The fourth-order valence-electron chi connectivity index (χ4n) is 9.48. The van der Waals surface area contributed by atoms with E-state index in [-0.39, 0.29) is 0 Å². The predicted molar refractivity (Wildman–Crippen MR) is 241 cm³/mol. The zero-order valence-electron chi connectivity index (χ0n) is 32.3. The van der Waals surface area contributed by atoms with Crippen LogP contribution in [0, 0.1) is 0 Å². The first-order chi connectivity index (χ1) is 29.1. The number of rotatable bonds is 5. The highest BCUT2D eigenvalue weighted by Crippen LogP contribution is 2.50. The van der Waals surface area contributed by atoms with E-state index in [1.807, 2.05) is 12.1 Å². The average molecular weight is 757 g/mol. The number of benzene rings is 8. The van der Waals surface area contributed by atoms with E-state index < -0.39 is 5.54 Å². The number of hydrogen-bond acceptors (Lipinski definition) is 4. The van der Waals surface area contributed by atoms with Crippen LogP contribution >= 0.6 is 0 Å². The van der Waals surface area contributed by atoms with Crippen molar-refractivity contribution in [1.29, 1.82) is 0 Å². The van der Waals surface area contributed by atoms with Crippen LogP contribution in [0.1, 0.15) is 30.5 Å². The number of nitrogens with zero attached hydrogens (tertiary/aromatic N) is 4. The van der Waals surface area contributed by atoms with Gasteiger partial charge >= 0.3 is 0 Å². The molecule has 5 heteroatoms. The molecule has 0 radical (unpaired) electrons. The van der Waals surface area contributed by atoms with Gasteiger partial charge in [-0.1, -0.05) is 158 Å². The molecule has 3 aromatic heterocycles. The second-order valence-electron chi connectivity index (χ2n) is 15.7. The monoisotopic (exact) mass is 756 g/mol. The first kappa shape index (κ1) is 33.5. The summed E-state index contributed by atoms with van der Waals surface area (Å²) in [6, 6.07) is 64.2. The van der Waals surface area contributed by atoms with E-state index in [1.165, 1.54) is 32.6 Å². The van der Waals surface area contributed by atoms with Crippen molar-refractivity contribution in [2.24, 2.45) is 0 Å². The Balaban J connectivity index is 1.11. The number of fused-ring (bicyclic) bond motifs is 8. The lowest BCUT2D eigenvalue weighted by atomic mass is 9.79. The van der Waals surface area contributed by atoms with E-state index in [4.69, 9.17) is 19.4 Å². The maximum atomic E-state index is 7.00. The Hall–Kier alpha value is -7.63. The maximum Gasteiger partial charge on any atom is 0.167 e. The molecule has 1 atom stereocenters. The van der Waals surface area contributed by atoms with Crippen LogP contribution in [-0.4, -0.2) is 19.5 Å². The summed E-state index contributed by atoms with van der Waals surface area (Å²) in [7, 11) is 0. The topological polar surface area (TPSA) is 56.7 Å². The van der Waals surface area contributed by atoms with Crippen molar-refractivity contribution in [2.75, 3.05) is 0 Å². The maximum absolute atomic E-state index is 7.00. The van der Waals surface area contributed by atoms with Gasteiger partial charge in [-0.2, -0.15) is 0 Å². The van der Waals surface area contributed by atoms with E-state index >= 15 is 0 Å². The van der Waals surface area contributed by atoms with Crippen molar-refractivity contribution in [3.8, 4) is 33.9 Å². The third-order valence-electron chi connectivity index (χ3n) is 12.3. The molecule has 5 nitrogen and oxygen atoms in total. The highest BCUT2D eigenvalue weighted by molar-refractivity contribution is 6.13. The first-order valence-electron chi connectivity index (χ1n) is 20.2. The molecule has 12 rings (SSSR count). The Bertz CT molecular complexity index is 3500. The van der Waals surface area contributed by atoms with Crippen molar-refractivity contribution in [1.82, 2.24) is 19.5 Å². The van der Waals surface area contributed by atoms with E-state index in [0.717, 1.165) is 60.9 Å². The zero-order chi connectivity index (χ0) is 39.1. The third kappa shape index (κ3) is 5.21. The standard InChI is InChI=1S/C54H36N4O/c1-54(58-46-27-11-9-24-41(46)45-32-37-18-5-6-19-38(37)33-47(45)58)30-29-44(50-49(54)43-25-10-12-28-48(43)59-50)53-56-51(39-22-13-21-36(31-39)34-15-3-2-4-16-34)55-52(57-53)42-26-14-20-35-17-7-8-23-40(35)42/h2-29,31-33H,30H2,1H3. The van der Waals surface area contributed by atoms with Crippen LogP contribution in [0.3, 0.4) is 0 Å². The second-order valence-corrected chi connectivity index (χ2v) is 15.7. The molecule has 0 bridgehead atoms. The van der Waals surface area contributed by atoms with Crippen LogP contribution in [0.4, 0.5) is 0 Å². The van der Waals surface area contributed by atoms with Gasteiger partial charge in [-0.05, 0) is 76.3 Å². The van der Waals surface area contributed by atoms with Crippen LogP contribution < -0.4 is 0 Å². The van der Waals surface area contributed by atoms with Gasteiger partial charge in [0.25, 0.3) is 0 Å². The summed E-state index contributed by atoms with van der Waals surface area (Å²) in [4.78, 5) is 15.9. The van der Waals surface area contributed by atoms with Gasteiger partial charge in [0.15, 0.2) is 17.5 Å². The largest absolute Gasteiger partial charge is 0.456 e. The first-order valence-corrected chi connectivity index (χ1v) is 20.2. The molecule has 0 spiro atoms. The van der Waals surface area contributed by atoms with E-state index in [9.17, 15) is 0 Å². The van der Waals surface area contributed by atoms with E-state index in [2.05, 4.69) is 187 Å². The Labute approximate surface area is 340 Å². The van der Waals surface area contributed by atoms with Gasteiger partial charge in [-0.15, -0.1) is 0 Å². The summed E-state index contributed by atoms with van der Waals surface area (Å²) in [5, 5.41) is 8.22. The average Bonchev–Trinajstić information content (AvgIpc) is 3.85. The van der Waals surface area contributed by atoms with Crippen LogP contribution in [-0.2, 0) is 5.54 Å². The normalized spacial score (nSPS) is 15.3. The van der Waals surface area contributed by atoms with Crippen molar-refractivity contribution < 1.29 is 4.42 Å². The van der Waals surface area contributed by atoms with Gasteiger partial charge in [-0.25, -0.2) is 15.0 Å². The molecule has 0 fully saturated rings. The zero-order valence-corrected chi connectivity index (χ0v) is 32.3. The molecular formula is C54H36N4O. The fourth-order valence-corrected chi connectivity index (χ4v) is 9.48. The molecule has 278 valence electrons. The molecule has 0 saturated heterocycles. The minimum atomic E-state index is -0.520. The van der Waals surface area contributed by atoms with Crippen LogP contribution in [0.15, 0.2) is 192 Å². The molecule has 3 heterocycles. The molecular weight excluding hydrogens is 721 g/mol. The molecule has 59 heavy (non-hydrogen) atoms. The Morgan fingerprint density at radius 2 is 1.10 bits per heavy atom. The van der Waals surface area contributed by atoms with Crippen molar-refractivity contribution in [3.05, 3.63) is 205 Å². The minimum Gasteiger partial charge on any atom is -0.456 e. The van der Waals surface area contributed by atoms with Gasteiger partial charge in [-0.3, -0.25) is 0 Å². The third-order valence-corrected chi connectivity index (χ3v) is 12.3. The minimum absolute atomic E-state index is 0.520. The highest BCUT2D eigenvalue weighted by atomic mass is 16.3. The summed E-state index contributed by atoms with van der Waals surface area (Å²) in [6.07, 6.45) is 2.98. The lowest BCUT2D eigenvalue weighted by molar-refractivity contribution is 0.410. The van der Waals surface area contributed by atoms with Gasteiger partial charge in [0.1, 0.15) is 11.3 Å². The smallest absolute Gasteiger partial charge is 0.167 e. The summed E-state index contributed by atoms with van der Waals surface area (Å²) < 4.78 is 9.55. The molecule has 0 amide bonds. The lowest BCUT2D eigenvalue weighted by Crippen LogP contribution is -2.33. The molecule has 8 aromatic carbocycles. The van der Waals surface area contributed by atoms with Crippen molar-refractivity contribution in [3.63, 3.8) is 0 Å². The van der Waals surface area contributed by atoms with E-state index in [1.54, 1.807) is 0 Å². The Morgan fingerprint density at radius 1 is 0.475 bits per heavy atom. The number of para-hydroxylation sites is 2. The number of furan rings is 1. The summed E-state index contributed by atoms with van der Waals surface area (Å²) in [5.41, 5.74) is 8.79. The molecule has 1 aliphatic rings. The van der Waals surface area contributed by atoms with Crippen LogP contribution in [0.2, 0.25) is 0 Å². The molecule has 11 aromatic rings. The van der Waals surface area contributed by atoms with Crippen molar-refractivity contribution in [2.45, 2.75) is 18.9 Å². The van der Waals surface area contributed by atoms with Crippen LogP contribution in [0.25, 0.3) is 93.8 Å². The summed E-state index contributed by atoms with van der Waals surface area (Å²) in [5.74, 6) is 2.59. The van der Waals surface area contributed by atoms with Crippen molar-refractivity contribution >= 4 is 59.9 Å². The number of aromatic nitrogens is 4. The fraction of sp³-hybridized carbons (Fsp3) is 0.0556. The Kier molecular flexibility index (Phi) is 7.35. The molecule has 1 aliphatic carbocycles. The van der Waals surface area contributed by atoms with Gasteiger partial charge in [0.2, 0.25) is 0 Å². The van der Waals surface area contributed by atoms with Gasteiger partial charge < -0.3 is 8.98 Å². The lowest BCUT2D eigenvalue weighted by Gasteiger charge is -2.36. The number of hydrogen-bond donors (Lipinski definition) is 0. The van der Waals surface area contributed by atoms with Gasteiger partial charge in [0.05, 0.1) is 16.6 Å². The highest BCUT2D eigenvalue weighted by Gasteiger charge is 2.41. The predicted octanol–water partition coefficient (Wildman–Crippen LogP) is 13.6. The molecule has 0 saturated carbocycles. The van der Waals surface area contributed by atoms with Crippen LogP contribution in [0.5, 0.6) is 0 Å². The molecule has 1 unspecified atom stereocenters. The van der Waals surface area contributed by atoms with E-state index in [0.29, 0.717) is 23.9 Å². The summed E-state index contributed by atoms with van der Waals surface area (Å²) in [6.45, 7) is 2.36. The summed E-state index contributed by atoms with van der Waals surface area (Å²) >= 11 is 0. The quantitative estimate of drug-likeness (QED) is 0.175. The second kappa shape index (κ2) is 12.9. The molecule has 0 aliphatic heterocycles. The number of allylic oxidation sites excluding steroid dienone is 1. The molecule has 0 N–H and O–H groups in total.